The second-order valence-electron chi connectivity index (χ2n) is 9.23. The number of para-hydroxylation sites is 1. The van der Waals surface area contributed by atoms with Crippen LogP contribution < -0.4 is 5.32 Å². The first-order chi connectivity index (χ1) is 15.8. The summed E-state index contributed by atoms with van der Waals surface area (Å²) in [6.45, 7) is 0. The van der Waals surface area contributed by atoms with Gasteiger partial charge in [-0.3, -0.25) is 19.2 Å². The molecule has 2 aliphatic rings. The number of amides is 1. The molecule has 8 heteroatoms. The standard InChI is InChI=1S/C25H26ClN3O4/c26-20-3-1-2-16-10-21(29-24(16)20)23(32)11-17(8-14-4-5-14)25(33)28-18(13-27)9-15-6-7-19(30)12-22(15)31/h1-3,10,14-15,17-18,29H,4-9,11-12H2,(H,28,33). The van der Waals surface area contributed by atoms with Gasteiger partial charge in [-0.2, -0.15) is 5.26 Å². The summed E-state index contributed by atoms with van der Waals surface area (Å²) < 4.78 is 0. The lowest BCUT2D eigenvalue weighted by atomic mass is 9.83. The highest BCUT2D eigenvalue weighted by Crippen LogP contribution is 2.37. The minimum Gasteiger partial charge on any atom is -0.351 e. The second-order valence-corrected chi connectivity index (χ2v) is 9.64. The van der Waals surface area contributed by atoms with E-state index in [2.05, 4.69) is 16.4 Å². The Morgan fingerprint density at radius 1 is 1.21 bits per heavy atom. The van der Waals surface area contributed by atoms with Gasteiger partial charge in [-0.1, -0.05) is 36.6 Å². The number of nitriles is 1. The van der Waals surface area contributed by atoms with Crippen molar-refractivity contribution in [3.63, 3.8) is 0 Å². The van der Waals surface area contributed by atoms with Crippen molar-refractivity contribution in [2.75, 3.05) is 0 Å². The van der Waals surface area contributed by atoms with Gasteiger partial charge < -0.3 is 10.3 Å². The molecule has 172 valence electrons. The quantitative estimate of drug-likeness (QED) is 0.424. The number of aromatic amines is 1. The molecule has 0 bridgehead atoms. The first kappa shape index (κ1) is 23.2. The fraction of sp³-hybridized carbons (Fsp3) is 0.480. The van der Waals surface area contributed by atoms with Crippen molar-refractivity contribution in [1.82, 2.24) is 10.3 Å². The molecule has 1 aromatic heterocycles. The van der Waals surface area contributed by atoms with Crippen molar-refractivity contribution in [2.45, 2.75) is 57.4 Å². The summed E-state index contributed by atoms with van der Waals surface area (Å²) >= 11 is 6.20. The van der Waals surface area contributed by atoms with E-state index in [1.807, 2.05) is 12.1 Å². The fourth-order valence-corrected chi connectivity index (χ4v) is 4.76. The number of nitrogens with one attached hydrogen (secondary N) is 2. The number of carbonyl (C=O) groups is 4. The van der Waals surface area contributed by atoms with Gasteiger partial charge in [-0.05, 0) is 37.3 Å². The van der Waals surface area contributed by atoms with Gasteiger partial charge in [0.05, 0.1) is 28.7 Å². The van der Waals surface area contributed by atoms with Crippen LogP contribution in [0.4, 0.5) is 0 Å². The Labute approximate surface area is 196 Å². The summed E-state index contributed by atoms with van der Waals surface area (Å²) in [5.41, 5.74) is 1.09. The zero-order valence-corrected chi connectivity index (χ0v) is 19.0. The number of H-pyrrole nitrogens is 1. The van der Waals surface area contributed by atoms with E-state index in [1.54, 1.807) is 12.1 Å². The van der Waals surface area contributed by atoms with Crippen molar-refractivity contribution in [3.8, 4) is 6.07 Å². The van der Waals surface area contributed by atoms with Crippen LogP contribution in [-0.4, -0.2) is 34.3 Å². The summed E-state index contributed by atoms with van der Waals surface area (Å²) in [4.78, 5) is 52.7. The highest BCUT2D eigenvalue weighted by Gasteiger charge is 2.34. The number of benzene rings is 1. The van der Waals surface area contributed by atoms with E-state index in [0.717, 1.165) is 18.2 Å². The second kappa shape index (κ2) is 9.88. The van der Waals surface area contributed by atoms with Crippen LogP contribution in [0.3, 0.4) is 0 Å². The molecule has 0 aliphatic heterocycles. The molecule has 0 radical (unpaired) electrons. The van der Waals surface area contributed by atoms with Gasteiger partial charge >= 0.3 is 0 Å². The van der Waals surface area contributed by atoms with Crippen molar-refractivity contribution in [2.24, 2.45) is 17.8 Å². The summed E-state index contributed by atoms with van der Waals surface area (Å²) in [6, 6.07) is 8.39. The number of hydrogen-bond donors (Lipinski definition) is 2. The number of carbonyl (C=O) groups excluding carboxylic acids is 4. The molecule has 1 heterocycles. The smallest absolute Gasteiger partial charge is 0.224 e. The Hall–Kier alpha value is -2.98. The molecule has 1 amide bonds. The lowest BCUT2D eigenvalue weighted by Gasteiger charge is -2.24. The molecule has 2 aromatic rings. The molecule has 0 saturated heterocycles. The van der Waals surface area contributed by atoms with Gasteiger partial charge in [-0.15, -0.1) is 0 Å². The van der Waals surface area contributed by atoms with E-state index in [9.17, 15) is 24.4 Å². The predicted molar refractivity (Wildman–Crippen MR) is 123 cm³/mol. The van der Waals surface area contributed by atoms with Crippen LogP contribution in [0.2, 0.25) is 5.02 Å². The largest absolute Gasteiger partial charge is 0.351 e. The van der Waals surface area contributed by atoms with Gasteiger partial charge in [-0.25, -0.2) is 0 Å². The molecule has 3 unspecified atom stereocenters. The Morgan fingerprint density at radius 2 is 2.00 bits per heavy atom. The van der Waals surface area contributed by atoms with E-state index in [4.69, 9.17) is 11.6 Å². The summed E-state index contributed by atoms with van der Waals surface area (Å²) in [7, 11) is 0. The van der Waals surface area contributed by atoms with Gasteiger partial charge in [0.2, 0.25) is 5.91 Å². The van der Waals surface area contributed by atoms with Gasteiger partial charge in [0.1, 0.15) is 17.6 Å². The van der Waals surface area contributed by atoms with Gasteiger partial charge in [0.25, 0.3) is 0 Å². The van der Waals surface area contributed by atoms with Crippen molar-refractivity contribution < 1.29 is 19.2 Å². The monoisotopic (exact) mass is 467 g/mol. The third-order valence-corrected chi connectivity index (χ3v) is 6.93. The first-order valence-corrected chi connectivity index (χ1v) is 11.8. The molecular weight excluding hydrogens is 442 g/mol. The molecule has 0 spiro atoms. The number of Topliss-reactive ketones (excluding diaryl/α,β-unsaturated/α-hetero) is 3. The van der Waals surface area contributed by atoms with Crippen LogP contribution in [0.5, 0.6) is 0 Å². The minimum absolute atomic E-state index is 0.0295. The number of ketones is 3. The van der Waals surface area contributed by atoms with Crippen molar-refractivity contribution in [1.29, 1.82) is 5.26 Å². The highest BCUT2D eigenvalue weighted by atomic mass is 35.5. The fourth-order valence-electron chi connectivity index (χ4n) is 4.53. The first-order valence-electron chi connectivity index (χ1n) is 11.4. The van der Waals surface area contributed by atoms with Crippen LogP contribution >= 0.6 is 11.6 Å². The highest BCUT2D eigenvalue weighted by molar-refractivity contribution is 6.35. The predicted octanol–water partition coefficient (Wildman–Crippen LogP) is 4.15. The van der Waals surface area contributed by atoms with Crippen molar-refractivity contribution in [3.05, 3.63) is 35.0 Å². The Morgan fingerprint density at radius 3 is 2.67 bits per heavy atom. The third kappa shape index (κ3) is 5.69. The average Bonchev–Trinajstić information content (AvgIpc) is 3.48. The topological polar surface area (TPSA) is 120 Å². The number of halogens is 1. The number of rotatable bonds is 9. The maximum atomic E-state index is 13.1. The molecule has 2 saturated carbocycles. The Kier molecular flexibility index (Phi) is 6.94. The normalized spacial score (nSPS) is 20.3. The number of aromatic nitrogens is 1. The molecule has 2 fully saturated rings. The SMILES string of the molecule is N#CC(CC1CCC(=O)CC1=O)NC(=O)C(CC(=O)c1cc2cccc(Cl)c2[nH]1)CC1CC1. The lowest BCUT2D eigenvalue weighted by Crippen LogP contribution is -2.41. The maximum Gasteiger partial charge on any atom is 0.224 e. The zero-order chi connectivity index (χ0) is 23.5. The summed E-state index contributed by atoms with van der Waals surface area (Å²) in [5.74, 6) is -1.29. The minimum atomic E-state index is -0.830. The molecule has 2 aliphatic carbocycles. The molecule has 33 heavy (non-hydrogen) atoms. The molecule has 2 N–H and O–H groups in total. The van der Waals surface area contributed by atoms with E-state index in [-0.39, 0.29) is 42.5 Å². The Balaban J connectivity index is 1.42. The molecule has 4 rings (SSSR count). The van der Waals surface area contributed by atoms with Gasteiger partial charge in [0, 0.05) is 30.1 Å². The van der Waals surface area contributed by atoms with Crippen LogP contribution in [0.15, 0.2) is 24.3 Å². The van der Waals surface area contributed by atoms with E-state index in [1.165, 1.54) is 0 Å². The van der Waals surface area contributed by atoms with E-state index >= 15 is 0 Å². The van der Waals surface area contributed by atoms with Crippen LogP contribution in [0.25, 0.3) is 10.9 Å². The maximum absolute atomic E-state index is 13.1. The van der Waals surface area contributed by atoms with Crippen LogP contribution in [0, 0.1) is 29.1 Å². The van der Waals surface area contributed by atoms with Crippen LogP contribution in [0.1, 0.15) is 61.9 Å². The number of hydrogen-bond acceptors (Lipinski definition) is 5. The average molecular weight is 468 g/mol. The molecule has 1 aromatic carbocycles. The molecule has 3 atom stereocenters. The molecular formula is C25H26ClN3O4. The number of fused-ring (bicyclic) bond motifs is 1. The van der Waals surface area contributed by atoms with Crippen LogP contribution in [-0.2, 0) is 14.4 Å². The van der Waals surface area contributed by atoms with E-state index in [0.29, 0.717) is 41.4 Å². The summed E-state index contributed by atoms with van der Waals surface area (Å²) in [5, 5.41) is 13.7. The zero-order valence-electron chi connectivity index (χ0n) is 18.2. The van der Waals surface area contributed by atoms with Crippen molar-refractivity contribution >= 4 is 45.8 Å². The number of nitrogens with zero attached hydrogens (tertiary/aromatic N) is 1. The van der Waals surface area contributed by atoms with E-state index < -0.39 is 17.9 Å². The molecule has 7 nitrogen and oxygen atoms in total. The Bertz CT molecular complexity index is 1140. The van der Waals surface area contributed by atoms with Gasteiger partial charge in [0.15, 0.2) is 5.78 Å². The summed E-state index contributed by atoms with van der Waals surface area (Å²) in [6.07, 6.45) is 3.53. The lowest BCUT2D eigenvalue weighted by molar-refractivity contribution is -0.133. The third-order valence-electron chi connectivity index (χ3n) is 6.61.